The second kappa shape index (κ2) is 7.99. The summed E-state index contributed by atoms with van der Waals surface area (Å²) < 4.78 is 0. The van der Waals surface area contributed by atoms with Gasteiger partial charge in [-0.1, -0.05) is 53.5 Å². The molecule has 0 aliphatic rings. The second-order valence-corrected chi connectivity index (χ2v) is 5.92. The van der Waals surface area contributed by atoms with Crippen LogP contribution in [0, 0.1) is 5.92 Å². The summed E-state index contributed by atoms with van der Waals surface area (Å²) in [5, 5.41) is 12.4. The van der Waals surface area contributed by atoms with Gasteiger partial charge in [0.15, 0.2) is 0 Å². The molecule has 0 heterocycles. The number of carbonyl (C=O) groups excluding carboxylic acids is 1. The fourth-order valence-corrected chi connectivity index (χ4v) is 2.48. The first-order chi connectivity index (χ1) is 11.0. The predicted molar refractivity (Wildman–Crippen MR) is 91.0 cm³/mol. The molecule has 4 nitrogen and oxygen atoms in total. The molecular weight excluding hydrogens is 337 g/mol. The van der Waals surface area contributed by atoms with Crippen molar-refractivity contribution in [3.8, 4) is 0 Å². The highest BCUT2D eigenvalue weighted by Crippen LogP contribution is 2.25. The smallest absolute Gasteiger partial charge is 0.304 e. The topological polar surface area (TPSA) is 66.4 Å². The Kier molecular flexibility index (Phi) is 6.02. The Morgan fingerprint density at radius 3 is 2.35 bits per heavy atom. The van der Waals surface area contributed by atoms with Crippen LogP contribution in [0.3, 0.4) is 0 Å². The van der Waals surface area contributed by atoms with Gasteiger partial charge in [-0.05, 0) is 30.2 Å². The number of carboxylic acids is 1. The summed E-state index contributed by atoms with van der Waals surface area (Å²) in [6, 6.07) is 14.0. The third-order valence-corrected chi connectivity index (χ3v) is 4.04. The minimum absolute atomic E-state index is 0.248. The van der Waals surface area contributed by atoms with Crippen molar-refractivity contribution in [3.05, 3.63) is 64.1 Å². The maximum Gasteiger partial charge on any atom is 0.304 e. The number of nitrogens with one attached hydrogen (secondary N) is 1. The van der Waals surface area contributed by atoms with Gasteiger partial charge >= 0.3 is 5.97 Å². The van der Waals surface area contributed by atoms with Gasteiger partial charge in [0.25, 0.3) is 0 Å². The van der Waals surface area contributed by atoms with Crippen molar-refractivity contribution < 1.29 is 14.7 Å². The molecule has 0 bridgehead atoms. The van der Waals surface area contributed by atoms with Gasteiger partial charge in [-0.3, -0.25) is 9.59 Å². The average Bonchev–Trinajstić information content (AvgIpc) is 2.51. The largest absolute Gasteiger partial charge is 0.481 e. The molecule has 0 saturated carbocycles. The van der Waals surface area contributed by atoms with E-state index in [2.05, 4.69) is 5.32 Å². The number of benzene rings is 2. The molecule has 0 saturated heterocycles. The normalized spacial score (nSPS) is 11.7. The fourth-order valence-electron chi connectivity index (χ4n) is 2.19. The minimum atomic E-state index is -1.02. The van der Waals surface area contributed by atoms with E-state index in [-0.39, 0.29) is 12.3 Å². The molecule has 2 rings (SSSR count). The fraction of sp³-hybridized carbons (Fsp3) is 0.176. The van der Waals surface area contributed by atoms with Gasteiger partial charge in [0, 0.05) is 5.69 Å². The Hall–Kier alpha value is -2.04. The molecule has 2 aromatic carbocycles. The lowest BCUT2D eigenvalue weighted by molar-refractivity contribution is -0.140. The van der Waals surface area contributed by atoms with E-state index < -0.39 is 11.9 Å². The number of rotatable bonds is 6. The highest BCUT2D eigenvalue weighted by Gasteiger charge is 2.22. The summed E-state index contributed by atoms with van der Waals surface area (Å²) in [6.45, 7) is 0. The third kappa shape index (κ3) is 5.27. The molecule has 0 fully saturated rings. The summed E-state index contributed by atoms with van der Waals surface area (Å²) >= 11 is 11.7. The molecule has 0 aromatic heterocycles. The first-order valence-electron chi connectivity index (χ1n) is 6.97. The predicted octanol–water partition coefficient (Wildman–Crippen LogP) is 4.27. The number of hydrogen-bond donors (Lipinski definition) is 2. The van der Waals surface area contributed by atoms with Crippen molar-refractivity contribution >= 4 is 40.8 Å². The van der Waals surface area contributed by atoms with Crippen molar-refractivity contribution in [1.82, 2.24) is 0 Å². The Balaban J connectivity index is 2.12. The van der Waals surface area contributed by atoms with Gasteiger partial charge in [0.2, 0.25) is 5.91 Å². The molecule has 2 aromatic rings. The van der Waals surface area contributed by atoms with E-state index >= 15 is 0 Å². The first-order valence-corrected chi connectivity index (χ1v) is 7.73. The van der Waals surface area contributed by atoms with Crippen LogP contribution in [0.2, 0.25) is 10.0 Å². The molecule has 1 atom stereocenters. The Morgan fingerprint density at radius 2 is 1.74 bits per heavy atom. The van der Waals surface area contributed by atoms with E-state index in [1.165, 1.54) is 6.07 Å². The number of carboxylic acid groups (broad SMARTS) is 1. The van der Waals surface area contributed by atoms with Crippen molar-refractivity contribution in [2.45, 2.75) is 12.8 Å². The van der Waals surface area contributed by atoms with Gasteiger partial charge in [-0.15, -0.1) is 0 Å². The Bertz CT molecular complexity index is 704. The highest BCUT2D eigenvalue weighted by atomic mass is 35.5. The van der Waals surface area contributed by atoms with Crippen LogP contribution in [0.15, 0.2) is 48.5 Å². The standard InChI is InChI=1S/C17H15Cl2NO3/c18-14-7-6-13(10-15(14)19)20-17(23)12(9-16(21)22)8-11-4-2-1-3-5-11/h1-7,10,12H,8-9H2,(H,20,23)(H,21,22)/t12-/m1/s1. The molecule has 0 aliphatic heterocycles. The van der Waals surface area contributed by atoms with Gasteiger partial charge < -0.3 is 10.4 Å². The van der Waals surface area contributed by atoms with Crippen LogP contribution < -0.4 is 5.32 Å². The molecule has 120 valence electrons. The SMILES string of the molecule is O=C(O)C[C@@H](Cc1ccccc1)C(=O)Nc1ccc(Cl)c(Cl)c1. The van der Waals surface area contributed by atoms with Gasteiger partial charge in [-0.2, -0.15) is 0 Å². The van der Waals surface area contributed by atoms with E-state index in [0.717, 1.165) is 5.56 Å². The maximum atomic E-state index is 12.4. The molecule has 2 N–H and O–H groups in total. The summed E-state index contributed by atoms with van der Waals surface area (Å²) in [4.78, 5) is 23.4. The van der Waals surface area contributed by atoms with Gasteiger partial charge in [-0.25, -0.2) is 0 Å². The van der Waals surface area contributed by atoms with Crippen molar-refractivity contribution in [3.63, 3.8) is 0 Å². The van der Waals surface area contributed by atoms with E-state index in [0.29, 0.717) is 22.2 Å². The molecule has 1 amide bonds. The molecule has 0 unspecified atom stereocenters. The van der Waals surface area contributed by atoms with Crippen molar-refractivity contribution in [2.75, 3.05) is 5.32 Å². The number of hydrogen-bond acceptors (Lipinski definition) is 2. The lowest BCUT2D eigenvalue weighted by Crippen LogP contribution is -2.27. The van der Waals surface area contributed by atoms with Crippen LogP contribution in [0.5, 0.6) is 0 Å². The van der Waals surface area contributed by atoms with E-state index in [9.17, 15) is 9.59 Å². The number of anilines is 1. The molecule has 0 radical (unpaired) electrons. The summed E-state index contributed by atoms with van der Waals surface area (Å²) in [7, 11) is 0. The zero-order valence-electron chi connectivity index (χ0n) is 12.1. The Labute approximate surface area is 144 Å². The average molecular weight is 352 g/mol. The third-order valence-electron chi connectivity index (χ3n) is 3.30. The lowest BCUT2D eigenvalue weighted by Gasteiger charge is -2.15. The number of halogens is 2. The number of amides is 1. The lowest BCUT2D eigenvalue weighted by atomic mass is 9.95. The quantitative estimate of drug-likeness (QED) is 0.816. The molecular formula is C17H15Cl2NO3. The maximum absolute atomic E-state index is 12.4. The van der Waals surface area contributed by atoms with E-state index in [1.807, 2.05) is 30.3 Å². The van der Waals surface area contributed by atoms with Crippen molar-refractivity contribution in [2.24, 2.45) is 5.92 Å². The summed E-state index contributed by atoms with van der Waals surface area (Å²) in [6.07, 6.45) is 0.0995. The van der Waals surface area contributed by atoms with E-state index in [1.54, 1.807) is 12.1 Å². The van der Waals surface area contributed by atoms with Crippen LogP contribution >= 0.6 is 23.2 Å². The van der Waals surface area contributed by atoms with Crippen molar-refractivity contribution in [1.29, 1.82) is 0 Å². The minimum Gasteiger partial charge on any atom is -0.481 e. The monoisotopic (exact) mass is 351 g/mol. The van der Waals surface area contributed by atoms with Gasteiger partial charge in [0.05, 0.1) is 22.4 Å². The first kappa shape index (κ1) is 17.3. The second-order valence-electron chi connectivity index (χ2n) is 5.10. The molecule has 0 aliphatic carbocycles. The highest BCUT2D eigenvalue weighted by molar-refractivity contribution is 6.42. The summed E-state index contributed by atoms with van der Waals surface area (Å²) in [5.74, 6) is -2.06. The van der Waals surface area contributed by atoms with Crippen LogP contribution in [-0.4, -0.2) is 17.0 Å². The molecule has 0 spiro atoms. The van der Waals surface area contributed by atoms with Crippen LogP contribution in [0.4, 0.5) is 5.69 Å². The zero-order valence-corrected chi connectivity index (χ0v) is 13.6. The number of carbonyl (C=O) groups is 2. The molecule has 23 heavy (non-hydrogen) atoms. The van der Waals surface area contributed by atoms with Gasteiger partial charge in [0.1, 0.15) is 0 Å². The van der Waals surface area contributed by atoms with Crippen LogP contribution in [0.1, 0.15) is 12.0 Å². The molecule has 6 heteroatoms. The number of aliphatic carboxylic acids is 1. The summed E-state index contributed by atoms with van der Waals surface area (Å²) in [5.41, 5.74) is 1.39. The van der Waals surface area contributed by atoms with Crippen LogP contribution in [-0.2, 0) is 16.0 Å². The van der Waals surface area contributed by atoms with Crippen LogP contribution in [0.25, 0.3) is 0 Å². The zero-order chi connectivity index (χ0) is 16.8. The van der Waals surface area contributed by atoms with E-state index in [4.69, 9.17) is 28.3 Å². The Morgan fingerprint density at radius 1 is 1.04 bits per heavy atom.